The first-order chi connectivity index (χ1) is 10.2. The van der Waals surface area contributed by atoms with Crippen LogP contribution < -0.4 is 10.6 Å². The van der Waals surface area contributed by atoms with Crippen LogP contribution in [-0.2, 0) is 16.6 Å². The smallest absolute Gasteiger partial charge is 0.407 e. The fourth-order valence-corrected chi connectivity index (χ4v) is 2.48. The number of carbonyl (C=O) groups excluding carboxylic acids is 1. The molecule has 1 aromatic heterocycles. The maximum atomic E-state index is 11.5. The number of aromatic nitrogens is 2. The number of amides is 1. The maximum Gasteiger partial charge on any atom is 0.407 e. The first-order valence-electron chi connectivity index (χ1n) is 7.74. The normalized spacial score (nSPS) is 16.0. The van der Waals surface area contributed by atoms with E-state index in [9.17, 15) is 4.79 Å². The second-order valence-corrected chi connectivity index (χ2v) is 7.31. The minimum atomic E-state index is -0.480. The lowest BCUT2D eigenvalue weighted by Crippen LogP contribution is -2.35. The molecule has 22 heavy (non-hydrogen) atoms. The fraction of sp³-hybridized carbons (Fsp3) is 0.688. The van der Waals surface area contributed by atoms with Gasteiger partial charge in [-0.2, -0.15) is 0 Å². The van der Waals surface area contributed by atoms with Crippen molar-refractivity contribution in [2.24, 2.45) is 0 Å². The van der Waals surface area contributed by atoms with Crippen LogP contribution in [0, 0.1) is 0 Å². The van der Waals surface area contributed by atoms with Crippen molar-refractivity contribution >= 4 is 12.0 Å². The van der Waals surface area contributed by atoms with E-state index >= 15 is 0 Å². The molecule has 1 aliphatic rings. The van der Waals surface area contributed by atoms with Gasteiger partial charge in [0.2, 0.25) is 5.95 Å². The van der Waals surface area contributed by atoms with Gasteiger partial charge in [-0.25, -0.2) is 14.8 Å². The number of carbonyl (C=O) groups is 1. The predicted molar refractivity (Wildman–Crippen MR) is 86.1 cm³/mol. The Balaban J connectivity index is 1.80. The van der Waals surface area contributed by atoms with E-state index in [0.717, 1.165) is 18.5 Å². The van der Waals surface area contributed by atoms with Gasteiger partial charge >= 0.3 is 6.09 Å². The Morgan fingerprint density at radius 3 is 2.77 bits per heavy atom. The molecule has 0 bridgehead atoms. The van der Waals surface area contributed by atoms with Crippen LogP contribution in [0.15, 0.2) is 6.20 Å². The number of ether oxygens (including phenoxy) is 1. The Morgan fingerprint density at radius 1 is 1.36 bits per heavy atom. The summed E-state index contributed by atoms with van der Waals surface area (Å²) in [7, 11) is 0. The molecule has 0 spiro atoms. The molecule has 2 N–H and O–H groups in total. The summed E-state index contributed by atoms with van der Waals surface area (Å²) in [5.41, 5.74) is 2.00. The summed E-state index contributed by atoms with van der Waals surface area (Å²) >= 11 is 0. The lowest BCUT2D eigenvalue weighted by molar-refractivity contribution is 0.0530. The van der Waals surface area contributed by atoms with E-state index < -0.39 is 11.7 Å². The molecule has 0 atom stereocenters. The second-order valence-electron chi connectivity index (χ2n) is 7.31. The number of anilines is 1. The Labute approximate surface area is 132 Å². The van der Waals surface area contributed by atoms with Gasteiger partial charge in [-0.3, -0.25) is 0 Å². The summed E-state index contributed by atoms with van der Waals surface area (Å²) in [5, 5.41) is 5.84. The average Bonchev–Trinajstić information content (AvgIpc) is 2.69. The van der Waals surface area contributed by atoms with Crippen LogP contribution in [0.2, 0.25) is 0 Å². The summed E-state index contributed by atoms with van der Waals surface area (Å²) in [4.78, 5) is 20.5. The standard InChI is InChI=1S/C16H26N4O2/c1-15(2,3)22-14(21)18-9-8-17-13-19-10-11-6-7-16(4,5)12(11)20-13/h10H,6-9H2,1-5H3,(H,18,21)(H,17,19,20). The molecular formula is C16H26N4O2. The summed E-state index contributed by atoms with van der Waals surface area (Å²) in [6.07, 6.45) is 3.65. The van der Waals surface area contributed by atoms with E-state index in [-0.39, 0.29) is 5.41 Å². The largest absolute Gasteiger partial charge is 0.444 e. The van der Waals surface area contributed by atoms with Crippen molar-refractivity contribution in [1.82, 2.24) is 15.3 Å². The van der Waals surface area contributed by atoms with Crippen LogP contribution in [-0.4, -0.2) is 34.8 Å². The van der Waals surface area contributed by atoms with Crippen LogP contribution in [0.25, 0.3) is 0 Å². The van der Waals surface area contributed by atoms with Crippen molar-refractivity contribution in [2.45, 2.75) is 58.5 Å². The van der Waals surface area contributed by atoms with Crippen molar-refractivity contribution < 1.29 is 9.53 Å². The van der Waals surface area contributed by atoms with E-state index in [1.54, 1.807) is 0 Å². The average molecular weight is 306 g/mol. The van der Waals surface area contributed by atoms with Gasteiger partial charge in [0.25, 0.3) is 0 Å². The zero-order valence-electron chi connectivity index (χ0n) is 14.1. The third-order valence-electron chi connectivity index (χ3n) is 3.60. The molecule has 0 unspecified atom stereocenters. The highest BCUT2D eigenvalue weighted by atomic mass is 16.6. The van der Waals surface area contributed by atoms with Crippen LogP contribution in [0.5, 0.6) is 0 Å². The molecule has 122 valence electrons. The summed E-state index contributed by atoms with van der Waals surface area (Å²) in [6.45, 7) is 10.9. The van der Waals surface area contributed by atoms with E-state index in [1.165, 1.54) is 5.56 Å². The van der Waals surface area contributed by atoms with Crippen molar-refractivity contribution in [3.05, 3.63) is 17.5 Å². The number of nitrogens with zero attached hydrogens (tertiary/aromatic N) is 2. The van der Waals surface area contributed by atoms with E-state index in [4.69, 9.17) is 4.74 Å². The Kier molecular flexibility index (Phi) is 4.58. The Bertz CT molecular complexity index is 550. The van der Waals surface area contributed by atoms with Crippen molar-refractivity contribution in [3.63, 3.8) is 0 Å². The molecule has 2 rings (SSSR count). The van der Waals surface area contributed by atoms with Crippen LogP contribution in [0.4, 0.5) is 10.7 Å². The molecule has 1 aliphatic carbocycles. The van der Waals surface area contributed by atoms with Crippen LogP contribution in [0.1, 0.15) is 52.3 Å². The van der Waals surface area contributed by atoms with Gasteiger partial charge in [0.05, 0.1) is 5.69 Å². The highest BCUT2D eigenvalue weighted by Crippen LogP contribution is 2.36. The van der Waals surface area contributed by atoms with Gasteiger partial charge in [-0.1, -0.05) is 13.8 Å². The Morgan fingerprint density at radius 2 is 2.09 bits per heavy atom. The third-order valence-corrected chi connectivity index (χ3v) is 3.60. The molecule has 6 heteroatoms. The van der Waals surface area contributed by atoms with Gasteiger partial charge in [-0.15, -0.1) is 0 Å². The molecule has 0 aliphatic heterocycles. The molecule has 0 radical (unpaired) electrons. The van der Waals surface area contributed by atoms with E-state index in [1.807, 2.05) is 27.0 Å². The lowest BCUT2D eigenvalue weighted by Gasteiger charge is -2.20. The molecule has 0 saturated heterocycles. The first-order valence-corrected chi connectivity index (χ1v) is 7.74. The second kappa shape index (κ2) is 6.10. The van der Waals surface area contributed by atoms with Gasteiger partial charge in [0.15, 0.2) is 0 Å². The molecule has 1 heterocycles. The van der Waals surface area contributed by atoms with E-state index in [2.05, 4.69) is 34.4 Å². The topological polar surface area (TPSA) is 76.1 Å². The van der Waals surface area contributed by atoms with Crippen molar-refractivity contribution in [1.29, 1.82) is 0 Å². The maximum absolute atomic E-state index is 11.5. The highest BCUT2D eigenvalue weighted by molar-refractivity contribution is 5.67. The number of nitrogens with one attached hydrogen (secondary N) is 2. The highest BCUT2D eigenvalue weighted by Gasteiger charge is 2.31. The van der Waals surface area contributed by atoms with Crippen LogP contribution in [0.3, 0.4) is 0 Å². The van der Waals surface area contributed by atoms with Crippen molar-refractivity contribution in [3.8, 4) is 0 Å². The quantitative estimate of drug-likeness (QED) is 0.836. The van der Waals surface area contributed by atoms with Gasteiger partial charge in [0, 0.05) is 24.7 Å². The number of rotatable bonds is 4. The number of fused-ring (bicyclic) bond motifs is 1. The first kappa shape index (κ1) is 16.5. The molecular weight excluding hydrogens is 280 g/mol. The zero-order valence-corrected chi connectivity index (χ0v) is 14.1. The minimum Gasteiger partial charge on any atom is -0.444 e. The summed E-state index contributed by atoms with van der Waals surface area (Å²) in [5.74, 6) is 0.611. The molecule has 6 nitrogen and oxygen atoms in total. The predicted octanol–water partition coefficient (Wildman–Crippen LogP) is 2.64. The SMILES string of the molecule is CC(C)(C)OC(=O)NCCNc1ncc2c(n1)C(C)(C)CC2. The number of alkyl carbamates (subject to hydrolysis) is 1. The fourth-order valence-electron chi connectivity index (χ4n) is 2.48. The van der Waals surface area contributed by atoms with Crippen molar-refractivity contribution in [2.75, 3.05) is 18.4 Å². The summed E-state index contributed by atoms with van der Waals surface area (Å²) < 4.78 is 5.17. The Hall–Kier alpha value is -1.85. The van der Waals surface area contributed by atoms with Gasteiger partial charge < -0.3 is 15.4 Å². The van der Waals surface area contributed by atoms with Gasteiger partial charge in [-0.05, 0) is 39.2 Å². The third kappa shape index (κ3) is 4.32. The van der Waals surface area contributed by atoms with Crippen LogP contribution >= 0.6 is 0 Å². The molecule has 0 aromatic carbocycles. The zero-order chi connectivity index (χ0) is 16.4. The molecule has 1 aromatic rings. The summed E-state index contributed by atoms with van der Waals surface area (Å²) in [6, 6.07) is 0. The number of hydrogen-bond acceptors (Lipinski definition) is 5. The molecule has 0 fully saturated rings. The number of hydrogen-bond donors (Lipinski definition) is 2. The monoisotopic (exact) mass is 306 g/mol. The van der Waals surface area contributed by atoms with Gasteiger partial charge in [0.1, 0.15) is 5.60 Å². The molecule has 0 saturated carbocycles. The lowest BCUT2D eigenvalue weighted by atomic mass is 9.91. The van der Waals surface area contributed by atoms with E-state index in [0.29, 0.717) is 19.0 Å². The number of aryl methyl sites for hydroxylation is 1. The molecule has 1 amide bonds. The minimum absolute atomic E-state index is 0.115.